The van der Waals surface area contributed by atoms with Crippen LogP contribution in [0.15, 0.2) is 6.07 Å². The molecule has 1 saturated carbocycles. The number of halogens is 5. The van der Waals surface area contributed by atoms with Gasteiger partial charge in [-0.3, -0.25) is 0 Å². The summed E-state index contributed by atoms with van der Waals surface area (Å²) >= 11 is 0. The van der Waals surface area contributed by atoms with E-state index in [0.29, 0.717) is 38.0 Å². The van der Waals surface area contributed by atoms with Crippen molar-refractivity contribution in [3.8, 4) is 5.75 Å². The van der Waals surface area contributed by atoms with Crippen molar-refractivity contribution in [2.75, 3.05) is 13.2 Å². The molecule has 31 heavy (non-hydrogen) atoms. The molecule has 0 unspecified atom stereocenters. The molecule has 0 aromatic heterocycles. The highest BCUT2D eigenvalue weighted by Crippen LogP contribution is 2.43. The fraction of sp³-hybridized carbons (Fsp3) is 0.739. The van der Waals surface area contributed by atoms with Crippen molar-refractivity contribution in [1.29, 1.82) is 0 Å². The third kappa shape index (κ3) is 5.89. The molecular weight excluding hydrogens is 419 g/mol. The molecule has 1 heterocycles. The van der Waals surface area contributed by atoms with Gasteiger partial charge in [-0.15, -0.1) is 0 Å². The molecule has 0 bridgehead atoms. The maximum atomic E-state index is 14.7. The highest BCUT2D eigenvalue weighted by molar-refractivity contribution is 5.35. The first-order chi connectivity index (χ1) is 14.7. The summed E-state index contributed by atoms with van der Waals surface area (Å²) in [6.07, 6.45) is 1.90. The van der Waals surface area contributed by atoms with Gasteiger partial charge in [0.25, 0.3) is 0 Å². The second-order valence-electron chi connectivity index (χ2n) is 8.78. The van der Waals surface area contributed by atoms with Gasteiger partial charge in [0.15, 0.2) is 23.7 Å². The smallest absolute Gasteiger partial charge is 0.400 e. The molecule has 8 heteroatoms. The number of alkyl halides is 2. The van der Waals surface area contributed by atoms with Crippen LogP contribution >= 0.6 is 0 Å². The summed E-state index contributed by atoms with van der Waals surface area (Å²) in [4.78, 5) is 0. The molecule has 176 valence electrons. The van der Waals surface area contributed by atoms with Gasteiger partial charge in [0, 0.05) is 23.5 Å². The van der Waals surface area contributed by atoms with Crippen molar-refractivity contribution in [2.24, 2.45) is 17.8 Å². The lowest BCUT2D eigenvalue weighted by Crippen LogP contribution is -2.42. The molecule has 3 nitrogen and oxygen atoms in total. The van der Waals surface area contributed by atoms with Crippen LogP contribution in [0, 0.1) is 42.1 Å². The molecule has 3 rings (SSSR count). The molecular formula is C23H31F5O3. The molecule has 0 atom stereocenters. The lowest BCUT2D eigenvalue weighted by molar-refractivity contribution is -0.248. The Hall–Kier alpha value is -1.41. The molecule has 2 aliphatic rings. The van der Waals surface area contributed by atoms with Crippen molar-refractivity contribution in [1.82, 2.24) is 0 Å². The minimum absolute atomic E-state index is 0.0334. The van der Waals surface area contributed by atoms with Crippen molar-refractivity contribution in [3.05, 3.63) is 29.1 Å². The third-order valence-corrected chi connectivity index (χ3v) is 6.45. The van der Waals surface area contributed by atoms with Crippen LogP contribution in [0.3, 0.4) is 0 Å². The van der Waals surface area contributed by atoms with Crippen LogP contribution in [0.5, 0.6) is 5.75 Å². The zero-order chi connectivity index (χ0) is 22.6. The van der Waals surface area contributed by atoms with E-state index < -0.39 is 40.8 Å². The Morgan fingerprint density at radius 2 is 1.65 bits per heavy atom. The Morgan fingerprint density at radius 3 is 2.26 bits per heavy atom. The van der Waals surface area contributed by atoms with Crippen molar-refractivity contribution >= 4 is 0 Å². The number of unbranched alkanes of at least 4 members (excludes halogenated alkanes) is 2. The average Bonchev–Trinajstić information content (AvgIpc) is 2.76. The van der Waals surface area contributed by atoms with Crippen LogP contribution in [0.4, 0.5) is 22.0 Å². The van der Waals surface area contributed by atoms with Gasteiger partial charge in [-0.1, -0.05) is 26.2 Å². The molecule has 0 N–H and O–H groups in total. The molecule has 0 spiro atoms. The van der Waals surface area contributed by atoms with Gasteiger partial charge in [-0.25, -0.2) is 13.2 Å². The largest absolute Gasteiger partial charge is 0.432 e. The van der Waals surface area contributed by atoms with Crippen LogP contribution in [-0.2, 0) is 9.47 Å². The van der Waals surface area contributed by atoms with Gasteiger partial charge >= 0.3 is 6.11 Å². The number of rotatable bonds is 8. The predicted octanol–water partition coefficient (Wildman–Crippen LogP) is 6.76. The number of hydrogen-bond donors (Lipinski definition) is 0. The summed E-state index contributed by atoms with van der Waals surface area (Å²) in [7, 11) is 0. The third-order valence-electron chi connectivity index (χ3n) is 6.45. The first-order valence-electron chi connectivity index (χ1n) is 11.2. The maximum absolute atomic E-state index is 14.7. The number of hydrogen-bond acceptors (Lipinski definition) is 3. The van der Waals surface area contributed by atoms with Gasteiger partial charge in [-0.05, 0) is 39.0 Å². The van der Waals surface area contributed by atoms with Crippen LogP contribution in [0.1, 0.15) is 63.9 Å². The molecule has 1 saturated heterocycles. The second-order valence-corrected chi connectivity index (χ2v) is 8.78. The SMILES string of the molecule is CCCCCC1COC(C2CCC(C(F)(F)Oc3cc(F)c(F)c(F)c3C)CC2)OC1. The van der Waals surface area contributed by atoms with Crippen molar-refractivity contribution in [3.63, 3.8) is 0 Å². The lowest BCUT2D eigenvalue weighted by Gasteiger charge is -2.39. The summed E-state index contributed by atoms with van der Waals surface area (Å²) in [6, 6.07) is 0.466. The summed E-state index contributed by atoms with van der Waals surface area (Å²) in [5.41, 5.74) is -0.482. The Morgan fingerprint density at radius 1 is 1.00 bits per heavy atom. The Labute approximate surface area is 180 Å². The van der Waals surface area contributed by atoms with E-state index in [1.54, 1.807) is 0 Å². The molecule has 1 aromatic rings. The minimum Gasteiger partial charge on any atom is -0.432 e. The molecule has 1 aliphatic carbocycles. The van der Waals surface area contributed by atoms with E-state index in [0.717, 1.165) is 19.8 Å². The first kappa shape index (κ1) is 24.2. The first-order valence-corrected chi connectivity index (χ1v) is 11.2. The quantitative estimate of drug-likeness (QED) is 0.249. The lowest BCUT2D eigenvalue weighted by atomic mass is 9.80. The predicted molar refractivity (Wildman–Crippen MR) is 105 cm³/mol. The Balaban J connectivity index is 1.50. The fourth-order valence-electron chi connectivity index (χ4n) is 4.41. The van der Waals surface area contributed by atoms with Crippen LogP contribution in [-0.4, -0.2) is 25.6 Å². The molecule has 1 aliphatic heterocycles. The zero-order valence-electron chi connectivity index (χ0n) is 18.1. The normalized spacial score (nSPS) is 27.3. The van der Waals surface area contributed by atoms with Gasteiger partial charge in [-0.2, -0.15) is 8.78 Å². The van der Waals surface area contributed by atoms with E-state index in [4.69, 9.17) is 9.47 Å². The van der Waals surface area contributed by atoms with E-state index in [9.17, 15) is 22.0 Å². The highest BCUT2D eigenvalue weighted by Gasteiger charge is 2.46. The second kappa shape index (κ2) is 10.5. The van der Waals surface area contributed by atoms with E-state index in [1.807, 2.05) is 0 Å². The molecule has 1 aromatic carbocycles. The maximum Gasteiger partial charge on any atom is 0.400 e. The molecule has 2 fully saturated rings. The summed E-state index contributed by atoms with van der Waals surface area (Å²) in [5.74, 6) is -6.15. The highest BCUT2D eigenvalue weighted by atomic mass is 19.3. The summed E-state index contributed by atoms with van der Waals surface area (Å²) in [5, 5.41) is 0. The Kier molecular flexibility index (Phi) is 8.19. The van der Waals surface area contributed by atoms with Gasteiger partial charge in [0.05, 0.1) is 19.1 Å². The fourth-order valence-corrected chi connectivity index (χ4v) is 4.41. The van der Waals surface area contributed by atoms with Crippen LogP contribution in [0.25, 0.3) is 0 Å². The average molecular weight is 450 g/mol. The summed E-state index contributed by atoms with van der Waals surface area (Å²) in [6.45, 7) is 4.50. The van der Waals surface area contributed by atoms with Gasteiger partial charge in [0.2, 0.25) is 0 Å². The minimum atomic E-state index is -3.62. The van der Waals surface area contributed by atoms with E-state index in [-0.39, 0.29) is 25.0 Å². The standard InChI is InChI=1S/C23H31F5O3/c1-3-4-5-6-15-12-29-22(30-13-15)16-7-9-17(10-8-16)23(27,28)31-19-11-18(24)21(26)20(25)14(19)2/h11,15-17,22H,3-10,12-13H2,1-2H3. The Bertz CT molecular complexity index is 726. The molecule has 0 amide bonds. The topological polar surface area (TPSA) is 27.7 Å². The van der Waals surface area contributed by atoms with Crippen molar-refractivity contribution < 1.29 is 36.2 Å². The van der Waals surface area contributed by atoms with Gasteiger partial charge in [0.1, 0.15) is 5.75 Å². The van der Waals surface area contributed by atoms with E-state index in [2.05, 4.69) is 11.7 Å². The number of ether oxygens (including phenoxy) is 3. The van der Waals surface area contributed by atoms with E-state index >= 15 is 0 Å². The zero-order valence-corrected chi connectivity index (χ0v) is 18.1. The molecule has 0 radical (unpaired) electrons. The monoisotopic (exact) mass is 450 g/mol. The number of benzene rings is 1. The van der Waals surface area contributed by atoms with Crippen molar-refractivity contribution in [2.45, 2.75) is 77.6 Å². The van der Waals surface area contributed by atoms with Gasteiger partial charge < -0.3 is 14.2 Å². The summed E-state index contributed by atoms with van der Waals surface area (Å²) < 4.78 is 86.2. The van der Waals surface area contributed by atoms with E-state index in [1.165, 1.54) is 12.8 Å². The van der Waals surface area contributed by atoms with Crippen LogP contribution in [0.2, 0.25) is 0 Å². The van der Waals surface area contributed by atoms with Crippen LogP contribution < -0.4 is 4.74 Å².